The van der Waals surface area contributed by atoms with Crippen molar-refractivity contribution < 1.29 is 8.81 Å². The summed E-state index contributed by atoms with van der Waals surface area (Å²) in [5.74, 6) is 1.04. The molecule has 146 valence electrons. The molecule has 0 aliphatic heterocycles. The van der Waals surface area contributed by atoms with Crippen LogP contribution in [0.1, 0.15) is 16.8 Å². The Bertz CT molecular complexity index is 934. The van der Waals surface area contributed by atoms with Crippen LogP contribution in [-0.4, -0.2) is 36.5 Å². The molecule has 6 heteroatoms. The number of hydrogen-bond donors (Lipinski definition) is 1. The van der Waals surface area contributed by atoms with E-state index in [1.807, 2.05) is 13.1 Å². The summed E-state index contributed by atoms with van der Waals surface area (Å²) in [6.07, 6.45) is 2.34. The second kappa shape index (κ2) is 9.17. The summed E-state index contributed by atoms with van der Waals surface area (Å²) in [6, 6.07) is 14.5. The van der Waals surface area contributed by atoms with Crippen molar-refractivity contribution in [1.29, 1.82) is 0 Å². The Morgan fingerprint density at radius 1 is 1.18 bits per heavy atom. The fourth-order valence-corrected chi connectivity index (χ4v) is 2.95. The molecule has 0 saturated heterocycles. The summed E-state index contributed by atoms with van der Waals surface area (Å²) in [6.45, 7) is 3.58. The molecule has 0 unspecified atom stereocenters. The van der Waals surface area contributed by atoms with Gasteiger partial charge >= 0.3 is 0 Å². The average molecular weight is 380 g/mol. The van der Waals surface area contributed by atoms with Crippen LogP contribution in [0.25, 0.3) is 11.5 Å². The van der Waals surface area contributed by atoms with Gasteiger partial charge in [0.2, 0.25) is 5.89 Å². The van der Waals surface area contributed by atoms with Crippen LogP contribution in [0.15, 0.2) is 64.2 Å². The minimum atomic E-state index is -0.277. The average Bonchev–Trinajstić information content (AvgIpc) is 3.16. The summed E-state index contributed by atoms with van der Waals surface area (Å²) >= 11 is 0. The fraction of sp³-hybridized carbons (Fsp3) is 0.273. The fourth-order valence-electron chi connectivity index (χ4n) is 2.95. The Kier molecular flexibility index (Phi) is 6.42. The number of hydrogen-bond acceptors (Lipinski definition) is 3. The monoisotopic (exact) mass is 380 g/mol. The second-order valence-corrected chi connectivity index (χ2v) is 6.66. The SMILES string of the molecule is CN=C(NCCc1coc(-c2ccc(F)cc2)n1)N(C)Cc1ccccc1C. The number of nitrogens with zero attached hydrogens (tertiary/aromatic N) is 3. The molecule has 1 aromatic heterocycles. The van der Waals surface area contributed by atoms with Crippen LogP contribution in [0.2, 0.25) is 0 Å². The van der Waals surface area contributed by atoms with E-state index in [9.17, 15) is 4.39 Å². The molecule has 3 rings (SSSR count). The highest BCUT2D eigenvalue weighted by Crippen LogP contribution is 2.19. The second-order valence-electron chi connectivity index (χ2n) is 6.66. The molecule has 0 fully saturated rings. The zero-order valence-corrected chi connectivity index (χ0v) is 16.4. The first-order valence-electron chi connectivity index (χ1n) is 9.23. The third-order valence-corrected chi connectivity index (χ3v) is 4.55. The number of nitrogens with one attached hydrogen (secondary N) is 1. The molecule has 1 heterocycles. The maximum absolute atomic E-state index is 13.0. The molecule has 0 radical (unpaired) electrons. The Hall–Kier alpha value is -3.15. The highest BCUT2D eigenvalue weighted by Gasteiger charge is 2.10. The van der Waals surface area contributed by atoms with Gasteiger partial charge in [0.1, 0.15) is 12.1 Å². The molecule has 28 heavy (non-hydrogen) atoms. The van der Waals surface area contributed by atoms with Gasteiger partial charge in [-0.1, -0.05) is 24.3 Å². The van der Waals surface area contributed by atoms with E-state index in [-0.39, 0.29) is 5.82 Å². The van der Waals surface area contributed by atoms with E-state index in [1.165, 1.54) is 23.3 Å². The van der Waals surface area contributed by atoms with E-state index in [0.717, 1.165) is 23.8 Å². The van der Waals surface area contributed by atoms with Gasteiger partial charge in [-0.2, -0.15) is 0 Å². The van der Waals surface area contributed by atoms with Gasteiger partial charge in [-0.25, -0.2) is 9.37 Å². The van der Waals surface area contributed by atoms with Gasteiger partial charge < -0.3 is 14.6 Å². The minimum Gasteiger partial charge on any atom is -0.444 e. The zero-order chi connectivity index (χ0) is 19.9. The predicted octanol–water partition coefficient (Wildman–Crippen LogP) is 4.04. The molecule has 2 aromatic carbocycles. The summed E-state index contributed by atoms with van der Waals surface area (Å²) in [5.41, 5.74) is 4.13. The highest BCUT2D eigenvalue weighted by atomic mass is 19.1. The predicted molar refractivity (Wildman–Crippen MR) is 110 cm³/mol. The first-order chi connectivity index (χ1) is 13.6. The molecular weight excluding hydrogens is 355 g/mol. The molecule has 0 amide bonds. The number of oxazole rings is 1. The lowest BCUT2D eigenvalue weighted by molar-refractivity contribution is 0.476. The number of halogens is 1. The number of benzene rings is 2. The Labute approximate surface area is 164 Å². The molecule has 3 aromatic rings. The molecule has 0 atom stereocenters. The topological polar surface area (TPSA) is 53.7 Å². The van der Waals surface area contributed by atoms with Crippen molar-refractivity contribution in [2.45, 2.75) is 19.9 Å². The van der Waals surface area contributed by atoms with Crippen LogP contribution < -0.4 is 5.32 Å². The summed E-state index contributed by atoms with van der Waals surface area (Å²) in [4.78, 5) is 10.9. The van der Waals surface area contributed by atoms with Crippen molar-refractivity contribution in [3.8, 4) is 11.5 Å². The molecule has 0 spiro atoms. The van der Waals surface area contributed by atoms with E-state index in [0.29, 0.717) is 18.9 Å². The van der Waals surface area contributed by atoms with Gasteiger partial charge in [-0.3, -0.25) is 4.99 Å². The van der Waals surface area contributed by atoms with Gasteiger partial charge in [0.25, 0.3) is 0 Å². The number of aryl methyl sites for hydroxylation is 1. The van der Waals surface area contributed by atoms with Crippen LogP contribution in [0.3, 0.4) is 0 Å². The van der Waals surface area contributed by atoms with Crippen LogP contribution in [0, 0.1) is 12.7 Å². The largest absolute Gasteiger partial charge is 0.444 e. The third kappa shape index (κ3) is 4.97. The van der Waals surface area contributed by atoms with Gasteiger partial charge in [0, 0.05) is 39.2 Å². The molecule has 0 bridgehead atoms. The van der Waals surface area contributed by atoms with E-state index in [4.69, 9.17) is 4.42 Å². The van der Waals surface area contributed by atoms with E-state index >= 15 is 0 Å². The summed E-state index contributed by atoms with van der Waals surface area (Å²) < 4.78 is 18.5. The molecule has 0 aliphatic rings. The maximum atomic E-state index is 13.0. The number of aromatic nitrogens is 1. The number of guanidine groups is 1. The van der Waals surface area contributed by atoms with Crippen molar-refractivity contribution in [3.05, 3.63) is 77.4 Å². The molecule has 5 nitrogen and oxygen atoms in total. The highest BCUT2D eigenvalue weighted by molar-refractivity contribution is 5.79. The van der Waals surface area contributed by atoms with Gasteiger partial charge in [-0.15, -0.1) is 0 Å². The smallest absolute Gasteiger partial charge is 0.226 e. The summed E-state index contributed by atoms with van der Waals surface area (Å²) in [5, 5.41) is 3.36. The molecule has 0 saturated carbocycles. The molecule has 1 N–H and O–H groups in total. The van der Waals surface area contributed by atoms with Crippen LogP contribution >= 0.6 is 0 Å². The number of aliphatic imine (C=N–C) groups is 1. The van der Waals surface area contributed by atoms with Crippen molar-refractivity contribution in [2.24, 2.45) is 4.99 Å². The molecule has 0 aliphatic carbocycles. The lowest BCUT2D eigenvalue weighted by Crippen LogP contribution is -2.39. The first kappa shape index (κ1) is 19.6. The van der Waals surface area contributed by atoms with Crippen LogP contribution in [0.5, 0.6) is 0 Å². The molecular formula is C22H25FN4O. The first-order valence-corrected chi connectivity index (χ1v) is 9.23. The third-order valence-electron chi connectivity index (χ3n) is 4.55. The lowest BCUT2D eigenvalue weighted by atomic mass is 10.1. The van der Waals surface area contributed by atoms with E-state index in [1.54, 1.807) is 25.4 Å². The van der Waals surface area contributed by atoms with Crippen molar-refractivity contribution in [2.75, 3.05) is 20.6 Å². The van der Waals surface area contributed by atoms with Crippen LogP contribution in [0.4, 0.5) is 4.39 Å². The maximum Gasteiger partial charge on any atom is 0.226 e. The lowest BCUT2D eigenvalue weighted by Gasteiger charge is -2.22. The standard InChI is InChI=1S/C22H25FN4O/c1-16-6-4-5-7-18(16)14-27(3)22(24-2)25-13-12-20-15-28-21(26-20)17-8-10-19(23)11-9-17/h4-11,15H,12-14H2,1-3H3,(H,24,25). The van der Waals surface area contributed by atoms with Gasteiger partial charge in [0.05, 0.1) is 5.69 Å². The van der Waals surface area contributed by atoms with Gasteiger partial charge in [-0.05, 0) is 42.3 Å². The number of rotatable bonds is 6. The Morgan fingerprint density at radius 2 is 1.93 bits per heavy atom. The normalized spacial score (nSPS) is 11.5. The van der Waals surface area contributed by atoms with Crippen molar-refractivity contribution >= 4 is 5.96 Å². The quantitative estimate of drug-likeness (QED) is 0.518. The minimum absolute atomic E-state index is 0.277. The Balaban J connectivity index is 1.53. The zero-order valence-electron chi connectivity index (χ0n) is 16.4. The van der Waals surface area contributed by atoms with E-state index in [2.05, 4.69) is 45.3 Å². The van der Waals surface area contributed by atoms with Crippen molar-refractivity contribution in [1.82, 2.24) is 15.2 Å². The summed E-state index contributed by atoms with van der Waals surface area (Å²) in [7, 11) is 3.80. The van der Waals surface area contributed by atoms with Crippen molar-refractivity contribution in [3.63, 3.8) is 0 Å². The van der Waals surface area contributed by atoms with Crippen LogP contribution in [-0.2, 0) is 13.0 Å². The van der Waals surface area contributed by atoms with E-state index < -0.39 is 0 Å². The Morgan fingerprint density at radius 3 is 2.64 bits per heavy atom. The van der Waals surface area contributed by atoms with Gasteiger partial charge in [0.15, 0.2) is 5.96 Å².